The van der Waals surface area contributed by atoms with Gasteiger partial charge < -0.3 is 15.4 Å². The number of nitrogens with one attached hydrogen (secondary N) is 2. The fourth-order valence-corrected chi connectivity index (χ4v) is 3.37. The molecule has 0 bridgehead atoms. The number of ether oxygens (including phenoxy) is 1. The first-order valence-electron chi connectivity index (χ1n) is 8.80. The number of aliphatic imine (C=N–C) groups is 1. The lowest BCUT2D eigenvalue weighted by Gasteiger charge is -2.12. The molecule has 0 radical (unpaired) electrons. The average Bonchev–Trinajstić information content (AvgIpc) is 3.20. The molecular formula is C17H28N4O2S. The van der Waals surface area contributed by atoms with Gasteiger partial charge in [-0.3, -0.25) is 4.79 Å². The highest BCUT2D eigenvalue weighted by Crippen LogP contribution is 2.21. The Bertz CT molecular complexity index is 538. The summed E-state index contributed by atoms with van der Waals surface area (Å²) in [4.78, 5) is 21.8. The second kappa shape index (κ2) is 10.3. The van der Waals surface area contributed by atoms with Crippen molar-refractivity contribution in [2.24, 2.45) is 4.99 Å². The van der Waals surface area contributed by atoms with Gasteiger partial charge >= 0.3 is 5.97 Å². The minimum absolute atomic E-state index is 0.0797. The number of aryl methyl sites for hydroxylation is 1. The van der Waals surface area contributed by atoms with Gasteiger partial charge in [0.05, 0.1) is 6.54 Å². The van der Waals surface area contributed by atoms with Crippen molar-refractivity contribution in [3.05, 3.63) is 16.1 Å². The van der Waals surface area contributed by atoms with Crippen molar-refractivity contribution in [2.75, 3.05) is 13.1 Å². The van der Waals surface area contributed by atoms with Gasteiger partial charge in [-0.05, 0) is 46.0 Å². The van der Waals surface area contributed by atoms with Crippen LogP contribution in [0.25, 0.3) is 0 Å². The lowest BCUT2D eigenvalue weighted by Crippen LogP contribution is -2.37. The number of esters is 1. The molecule has 6 nitrogen and oxygen atoms in total. The Hall–Kier alpha value is -1.63. The number of carbonyl (C=O) groups is 1. The topological polar surface area (TPSA) is 75.6 Å². The molecule has 1 aliphatic carbocycles. The van der Waals surface area contributed by atoms with Crippen LogP contribution in [-0.2, 0) is 16.1 Å². The monoisotopic (exact) mass is 352 g/mol. The summed E-state index contributed by atoms with van der Waals surface area (Å²) in [6, 6.07) is 0. The Morgan fingerprint density at radius 1 is 1.42 bits per heavy atom. The summed E-state index contributed by atoms with van der Waals surface area (Å²) in [7, 11) is 0. The van der Waals surface area contributed by atoms with Crippen LogP contribution in [-0.4, -0.2) is 36.1 Å². The number of aromatic nitrogens is 1. The van der Waals surface area contributed by atoms with Gasteiger partial charge in [0.15, 0.2) is 5.96 Å². The van der Waals surface area contributed by atoms with Crippen LogP contribution in [0.1, 0.15) is 55.3 Å². The third kappa shape index (κ3) is 6.86. The van der Waals surface area contributed by atoms with E-state index >= 15 is 0 Å². The van der Waals surface area contributed by atoms with Crippen molar-refractivity contribution in [3.8, 4) is 0 Å². The maximum atomic E-state index is 11.8. The predicted molar refractivity (Wildman–Crippen MR) is 97.3 cm³/mol. The van der Waals surface area contributed by atoms with Gasteiger partial charge in [0.2, 0.25) is 0 Å². The van der Waals surface area contributed by atoms with Crippen LogP contribution in [0.15, 0.2) is 11.2 Å². The Morgan fingerprint density at radius 2 is 2.21 bits per heavy atom. The summed E-state index contributed by atoms with van der Waals surface area (Å²) in [6.07, 6.45) is 7.63. The van der Waals surface area contributed by atoms with Crippen LogP contribution < -0.4 is 10.6 Å². The molecule has 2 N–H and O–H groups in total. The molecule has 1 heterocycles. The summed E-state index contributed by atoms with van der Waals surface area (Å²) in [5.74, 6) is 0.679. The lowest BCUT2D eigenvalue weighted by molar-refractivity contribution is -0.148. The fraction of sp³-hybridized carbons (Fsp3) is 0.706. The van der Waals surface area contributed by atoms with Crippen molar-refractivity contribution in [1.29, 1.82) is 0 Å². The van der Waals surface area contributed by atoms with E-state index in [-0.39, 0.29) is 12.1 Å². The van der Waals surface area contributed by atoms with E-state index in [2.05, 4.69) is 20.6 Å². The molecule has 1 fully saturated rings. The molecule has 0 spiro atoms. The van der Waals surface area contributed by atoms with Crippen molar-refractivity contribution in [1.82, 2.24) is 15.6 Å². The van der Waals surface area contributed by atoms with E-state index in [9.17, 15) is 4.79 Å². The predicted octanol–water partition coefficient (Wildman–Crippen LogP) is 2.77. The zero-order chi connectivity index (χ0) is 17.2. The van der Waals surface area contributed by atoms with E-state index in [4.69, 9.17) is 4.74 Å². The first-order chi connectivity index (χ1) is 11.7. The summed E-state index contributed by atoms with van der Waals surface area (Å²) in [5, 5.41) is 7.47. The molecule has 1 saturated carbocycles. The molecule has 0 atom stereocenters. The number of rotatable bonds is 8. The SMILES string of the molecule is CCNC(=NCc1ncc(C)s1)NCCCC(=O)OC1CCCC1. The van der Waals surface area contributed by atoms with Crippen LogP contribution >= 0.6 is 11.3 Å². The number of hydrogen-bond acceptors (Lipinski definition) is 5. The molecule has 0 unspecified atom stereocenters. The summed E-state index contributed by atoms with van der Waals surface area (Å²) in [6.45, 7) is 6.13. The van der Waals surface area contributed by atoms with Gasteiger partial charge in [0, 0.05) is 30.6 Å². The number of thiazole rings is 1. The average molecular weight is 353 g/mol. The van der Waals surface area contributed by atoms with E-state index in [1.54, 1.807) is 11.3 Å². The van der Waals surface area contributed by atoms with Crippen molar-refractivity contribution >= 4 is 23.3 Å². The molecule has 24 heavy (non-hydrogen) atoms. The molecule has 1 aromatic heterocycles. The fourth-order valence-electron chi connectivity index (χ4n) is 2.65. The Morgan fingerprint density at radius 3 is 2.88 bits per heavy atom. The number of carbonyl (C=O) groups excluding carboxylic acids is 1. The van der Waals surface area contributed by atoms with Gasteiger partial charge in [0.25, 0.3) is 0 Å². The number of hydrogen-bond donors (Lipinski definition) is 2. The molecule has 0 amide bonds. The Labute approximate surface area is 148 Å². The summed E-state index contributed by atoms with van der Waals surface area (Å²) >= 11 is 1.66. The highest BCUT2D eigenvalue weighted by atomic mass is 32.1. The van der Waals surface area contributed by atoms with Crippen LogP contribution in [0.3, 0.4) is 0 Å². The highest BCUT2D eigenvalue weighted by molar-refractivity contribution is 7.11. The van der Waals surface area contributed by atoms with Crippen LogP contribution in [0.2, 0.25) is 0 Å². The van der Waals surface area contributed by atoms with Gasteiger partial charge in [-0.25, -0.2) is 9.98 Å². The van der Waals surface area contributed by atoms with E-state index in [1.807, 2.05) is 20.0 Å². The smallest absolute Gasteiger partial charge is 0.306 e. The van der Waals surface area contributed by atoms with Crippen LogP contribution in [0.5, 0.6) is 0 Å². The Balaban J connectivity index is 1.65. The van der Waals surface area contributed by atoms with Crippen molar-refractivity contribution in [3.63, 3.8) is 0 Å². The second-order valence-corrected chi connectivity index (χ2v) is 7.31. The lowest BCUT2D eigenvalue weighted by atomic mass is 10.3. The summed E-state index contributed by atoms with van der Waals surface area (Å²) in [5.41, 5.74) is 0. The zero-order valence-electron chi connectivity index (χ0n) is 14.6. The first-order valence-corrected chi connectivity index (χ1v) is 9.62. The summed E-state index contributed by atoms with van der Waals surface area (Å²) < 4.78 is 5.45. The highest BCUT2D eigenvalue weighted by Gasteiger charge is 2.18. The molecule has 2 rings (SSSR count). The molecule has 7 heteroatoms. The second-order valence-electron chi connectivity index (χ2n) is 5.99. The van der Waals surface area contributed by atoms with Crippen molar-refractivity contribution in [2.45, 2.75) is 65.0 Å². The normalized spacial score (nSPS) is 15.5. The molecule has 134 valence electrons. The van der Waals surface area contributed by atoms with E-state index in [0.717, 1.165) is 36.8 Å². The minimum atomic E-state index is -0.0797. The minimum Gasteiger partial charge on any atom is -0.462 e. The molecule has 1 aliphatic rings. The standard InChI is InChI=1S/C17H28N4O2S/c1-3-18-17(21-12-15-20-11-13(2)24-15)19-10-6-9-16(22)23-14-7-4-5-8-14/h11,14H,3-10,12H2,1-2H3,(H2,18,19,21). The number of guanidine groups is 1. The van der Waals surface area contributed by atoms with Gasteiger partial charge in [-0.15, -0.1) is 11.3 Å². The molecule has 0 aliphatic heterocycles. The Kier molecular flexibility index (Phi) is 8.01. The van der Waals surface area contributed by atoms with E-state index < -0.39 is 0 Å². The third-order valence-electron chi connectivity index (χ3n) is 3.84. The first kappa shape index (κ1) is 18.7. The number of nitrogens with zero attached hydrogens (tertiary/aromatic N) is 2. The van der Waals surface area contributed by atoms with Gasteiger partial charge in [0.1, 0.15) is 11.1 Å². The molecular weight excluding hydrogens is 324 g/mol. The van der Waals surface area contributed by atoms with Crippen LogP contribution in [0.4, 0.5) is 0 Å². The van der Waals surface area contributed by atoms with Crippen LogP contribution in [0, 0.1) is 6.92 Å². The van der Waals surface area contributed by atoms with Gasteiger partial charge in [-0.2, -0.15) is 0 Å². The maximum Gasteiger partial charge on any atom is 0.306 e. The third-order valence-corrected chi connectivity index (χ3v) is 4.73. The maximum absolute atomic E-state index is 11.8. The van der Waals surface area contributed by atoms with E-state index in [0.29, 0.717) is 19.5 Å². The molecule has 0 aromatic carbocycles. The van der Waals surface area contributed by atoms with Gasteiger partial charge in [-0.1, -0.05) is 0 Å². The largest absolute Gasteiger partial charge is 0.462 e. The van der Waals surface area contributed by atoms with E-state index in [1.165, 1.54) is 17.7 Å². The molecule has 1 aromatic rings. The quantitative estimate of drug-likeness (QED) is 0.326. The molecule has 0 saturated heterocycles. The van der Waals surface area contributed by atoms with Crippen molar-refractivity contribution < 1.29 is 9.53 Å². The zero-order valence-corrected chi connectivity index (χ0v) is 15.5.